The Kier molecular flexibility index (Phi) is 45.5. The molecule has 5 aromatic carbocycles. The summed E-state index contributed by atoms with van der Waals surface area (Å²) in [5.74, 6) is 3.05. The summed E-state index contributed by atoms with van der Waals surface area (Å²) < 4.78 is 30.1. The number of hydrogen-bond donors (Lipinski definition) is 8. The number of alkyl halides is 3. The minimum absolute atomic E-state index is 0.0550. The molecule has 2 unspecified atom stereocenters. The second kappa shape index (κ2) is 59.7. The Morgan fingerprint density at radius 1 is 0.486 bits per heavy atom. The fourth-order valence-corrected chi connectivity index (χ4v) is 20.0. The van der Waals surface area contributed by atoms with Gasteiger partial charge >= 0.3 is 13.1 Å². The molecule has 2 fully saturated rings. The number of methoxy groups -OCH3 is 1. The second-order valence-electron chi connectivity index (χ2n) is 36.9. The number of aromatic hydroxyl groups is 1. The molecule has 0 radical (unpaired) electrons. The molecule has 6 aliphatic carbocycles. The molecule has 2 atom stereocenters. The van der Waals surface area contributed by atoms with Crippen molar-refractivity contribution in [3.8, 4) is 56.8 Å². The Labute approximate surface area is 895 Å². The molecule has 31 nitrogen and oxygen atoms in total. The van der Waals surface area contributed by atoms with Gasteiger partial charge in [0, 0.05) is 140 Å². The zero-order valence-electron chi connectivity index (χ0n) is 84.3. The van der Waals surface area contributed by atoms with E-state index < -0.39 is 19.0 Å². The number of aryl methyl sites for hydroxylation is 5. The van der Waals surface area contributed by atoms with Crippen molar-refractivity contribution in [2.24, 2.45) is 5.92 Å². The molecule has 1 saturated carbocycles. The molecule has 0 amide bonds. The predicted molar refractivity (Wildman–Crippen MR) is 590 cm³/mol. The van der Waals surface area contributed by atoms with Crippen LogP contribution >= 0.6 is 67.0 Å². The number of hydrogen-bond acceptors (Lipinski definition) is 23. The number of carbonyl (C=O) groups excluding carboxylic acids is 2. The third-order valence-corrected chi connectivity index (χ3v) is 27.9. The number of rotatable bonds is 15. The maximum absolute atomic E-state index is 12.1. The normalized spacial score (nSPS) is 15.4. The van der Waals surface area contributed by atoms with Crippen LogP contribution in [0.1, 0.15) is 230 Å². The topological polar surface area (TPSA) is 407 Å². The third-order valence-electron chi connectivity index (χ3n) is 26.1. The van der Waals surface area contributed by atoms with Crippen LogP contribution in [0.3, 0.4) is 0 Å². The van der Waals surface area contributed by atoms with E-state index in [-0.39, 0.29) is 23.1 Å². The standard InChI is InChI=1S/C24H23N3O.C20H22ClN3O.C17H17N3O.C11H12ClN3.C11H13N3O.C9H14O3.C6H6BBrO3.C5H11N.C3H6BrCl.C3H5N3.C2H4O2/c1-3-7-18(8-4-1)17-28-20-13-11-19(12-14-20)24-21-9-5-2-6-10-22(21)26-23-15-16-25-27(23)24;21-12-4-14-25-16-9-7-15(8-10-16)20-17-5-2-1-3-6-18(17)23-19-11-13-22-24(19)20;21-13-8-6-12(7-9-13)17-14-4-2-1-3-5-15(14)19-16-10-11-18-20(16)17;12-11-8-4-2-1-3-5-9(8)14-10-6-7-13-15(10)11;15-11-8-4-2-1-3-5-9(8)13-10-6-7-12-14(10)11;1-12-9(11)7-5-3-2-4-6-8(7)10;8-11-6-3-1-5(2-4-6)7(9)10;1-5-3-2-4-6-5;4-2-1-3-5;4-3-1-2-5-6-3;1-2(3)4/h1,3-4,7-8,11-16H,2,5-6,9-10,17H2;7-11,13H,1-6,12,14H2;6-11,21H,1-5H2;6-7H,1-5H2;6-7,12H,1-5H2;7H,2-6H2,1H3;1-4,9-10H;5-6H,2-4H2,1H3;1-3H2;1-2H,(H3,4,5,6);1H3,(H,3,4). The van der Waals surface area contributed by atoms with Gasteiger partial charge in [-0.3, -0.25) is 29.4 Å². The van der Waals surface area contributed by atoms with Gasteiger partial charge in [0.15, 0.2) is 44.5 Å². The predicted octanol–water partition coefficient (Wildman–Crippen LogP) is 21.4. The van der Waals surface area contributed by atoms with Gasteiger partial charge in [0.2, 0.25) is 0 Å². The molecule has 11 aromatic heterocycles. The number of nitrogen functional groups attached to an aromatic ring is 1. The van der Waals surface area contributed by atoms with E-state index >= 15 is 0 Å². The number of anilines is 1. The number of carbonyl (C=O) groups is 3. The Hall–Kier alpha value is -12.4. The van der Waals surface area contributed by atoms with Crippen molar-refractivity contribution in [1.82, 2.24) is 88.5 Å². The van der Waals surface area contributed by atoms with Gasteiger partial charge in [-0.05, 0) is 282 Å². The molecule has 16 aromatic rings. The highest BCUT2D eigenvalue weighted by Gasteiger charge is 2.30. The summed E-state index contributed by atoms with van der Waals surface area (Å²) in [6, 6.07) is 52.9. The lowest BCUT2D eigenvalue weighted by molar-refractivity contribution is -0.149. The Morgan fingerprint density at radius 2 is 0.912 bits per heavy atom. The number of halogens is 5. The number of aliphatic carboxylic acids is 1. The van der Waals surface area contributed by atoms with Crippen molar-refractivity contribution in [2.75, 3.05) is 43.1 Å². The number of phenols is 1. The lowest BCUT2D eigenvalue weighted by Crippen LogP contribution is -2.29. The summed E-state index contributed by atoms with van der Waals surface area (Å²) in [6.07, 6.45) is 47.9. The molecule has 7 aliphatic rings. The minimum Gasteiger partial charge on any atom is -0.508 e. The summed E-state index contributed by atoms with van der Waals surface area (Å²) in [6.45, 7) is 5.78. The highest BCUT2D eigenvalue weighted by molar-refractivity contribution is 9.09. The maximum atomic E-state index is 12.1. The highest BCUT2D eigenvalue weighted by atomic mass is 79.9. The molecule has 9 N–H and O–H groups in total. The van der Waals surface area contributed by atoms with Crippen LogP contribution in [0.4, 0.5) is 5.82 Å². The summed E-state index contributed by atoms with van der Waals surface area (Å²) in [5, 5.41) is 66.1. The van der Waals surface area contributed by atoms with Crippen LogP contribution in [0.15, 0.2) is 206 Å². The zero-order chi connectivity index (χ0) is 104. The van der Waals surface area contributed by atoms with Gasteiger partial charge in [-0.15, -0.1) is 23.2 Å². The van der Waals surface area contributed by atoms with Crippen LogP contribution in [0.5, 0.6) is 23.0 Å². The quantitative estimate of drug-likeness (QED) is 0.00690. The minimum atomic E-state index is -1.42. The monoisotopic (exact) mass is 2200 g/mol. The first-order valence-electron chi connectivity index (χ1n) is 51.4. The van der Waals surface area contributed by atoms with Gasteiger partial charge in [-0.25, -0.2) is 47.5 Å². The fraction of sp³-hybridized carbons (Fsp3) is 0.405. The number of Topliss-reactive ketones (excluding diaryl/α,β-unsaturated/α-hetero) is 1. The van der Waals surface area contributed by atoms with Crippen LogP contribution in [-0.2, 0) is 89.9 Å². The summed E-state index contributed by atoms with van der Waals surface area (Å²) >= 11 is 23.3. The lowest BCUT2D eigenvalue weighted by Gasteiger charge is -2.15. The van der Waals surface area contributed by atoms with Gasteiger partial charge in [0.05, 0.1) is 67.5 Å². The number of esters is 1. The van der Waals surface area contributed by atoms with Crippen molar-refractivity contribution in [1.29, 1.82) is 0 Å². The van der Waals surface area contributed by atoms with E-state index in [0.29, 0.717) is 49.0 Å². The first kappa shape index (κ1) is 113. The molecular weight excluding hydrogens is 2070 g/mol. The number of ketones is 1. The van der Waals surface area contributed by atoms with E-state index in [1.807, 2.05) is 98.7 Å². The molecule has 12 heterocycles. The number of carboxylic acid groups (broad SMARTS) is 1. The summed E-state index contributed by atoms with van der Waals surface area (Å²) in [5.41, 5.74) is 30.1. The number of aromatic amines is 2. The number of nitrogens with two attached hydrogens (primary N) is 1. The van der Waals surface area contributed by atoms with Gasteiger partial charge in [0.1, 0.15) is 52.3 Å². The van der Waals surface area contributed by atoms with Crippen LogP contribution in [-0.4, -0.2) is 172 Å². The molecule has 148 heavy (non-hydrogen) atoms. The SMILES string of the molecule is CC(=O)O.CC1CCCN1.COC(=O)C1CCCCCC1=O.ClCCCBr.ClCCCOc1ccc(-c2c3c(nc4ccnn24)CCCCC3)cc1.Clc1c2c(nc3ccnn13)CCCCC2.Nc1ccn[nH]1.O=c1c2c(nc3cc[nH]n13)CCCCC2.OB(O)c1ccc(OBr)cc1.Oc1ccc(-c2c3c(nc4ccnn24)CCCCC3)cc1.c1ccc(COc2ccc(-c3c4c(nc5ccnn35)CCCCC4)cc2)cc1. The summed E-state index contributed by atoms with van der Waals surface area (Å²) in [4.78, 5) is 67.1. The van der Waals surface area contributed by atoms with Crippen LogP contribution in [0.2, 0.25) is 5.15 Å². The van der Waals surface area contributed by atoms with Crippen molar-refractivity contribution in [2.45, 2.75) is 245 Å². The van der Waals surface area contributed by atoms with Crippen LogP contribution in [0, 0.1) is 5.92 Å². The van der Waals surface area contributed by atoms with Gasteiger partial charge < -0.3 is 49.4 Å². The smallest absolute Gasteiger partial charge is 0.488 e. The number of ether oxygens (including phenoxy) is 3. The first-order valence-corrected chi connectivity index (χ1v) is 54.6. The molecule has 37 heteroatoms. The number of fused-ring (bicyclic) bond motifs is 10. The molecule has 782 valence electrons. The van der Waals surface area contributed by atoms with Crippen molar-refractivity contribution in [3.63, 3.8) is 0 Å². The zero-order valence-corrected chi connectivity index (χ0v) is 89.7. The lowest BCUT2D eigenvalue weighted by atomic mass is 9.80. The average Bonchev–Trinajstić information content (AvgIpc) is 1.57. The van der Waals surface area contributed by atoms with E-state index in [1.54, 1.807) is 71.8 Å². The number of carboxylic acids is 1. The molecular formula is C111H133BBr2Cl3N19O12. The fourth-order valence-electron chi connectivity index (χ4n) is 18.6. The summed E-state index contributed by atoms with van der Waals surface area (Å²) in [7, 11) is -0.0834. The molecule has 0 bridgehead atoms. The van der Waals surface area contributed by atoms with Crippen molar-refractivity contribution in [3.05, 3.63) is 278 Å². The third kappa shape index (κ3) is 32.8. The Morgan fingerprint density at radius 3 is 1.33 bits per heavy atom. The molecule has 1 aliphatic heterocycles. The Bertz CT molecular complexity index is 6860. The van der Waals surface area contributed by atoms with Gasteiger partial charge in [-0.1, -0.05) is 115 Å². The molecule has 0 spiro atoms. The van der Waals surface area contributed by atoms with Crippen molar-refractivity contribution < 1.29 is 52.7 Å². The van der Waals surface area contributed by atoms with E-state index in [0.717, 1.165) is 201 Å². The second-order valence-corrected chi connectivity index (χ2v) is 39.1. The number of H-pyrrole nitrogens is 2. The number of nitrogens with zero attached hydrogens (tertiary/aromatic N) is 15. The van der Waals surface area contributed by atoms with Gasteiger partial charge in [-0.2, -0.15) is 25.5 Å². The highest BCUT2D eigenvalue weighted by Crippen LogP contribution is 2.37. The largest absolute Gasteiger partial charge is 0.508 e. The number of phenolic OH excluding ortho intramolecular Hbond substituents is 1. The molecule has 23 rings (SSSR count). The molecule has 1 saturated heterocycles. The maximum Gasteiger partial charge on any atom is 0.488 e. The number of aromatic nitrogens is 17. The van der Waals surface area contributed by atoms with Crippen molar-refractivity contribution >= 4 is 131 Å². The van der Waals surface area contributed by atoms with E-state index in [1.165, 1.54) is 188 Å². The first-order chi connectivity index (χ1) is 72.2. The van der Waals surface area contributed by atoms with E-state index in [4.69, 9.17) is 88.7 Å². The van der Waals surface area contributed by atoms with Crippen LogP contribution < -0.4 is 35.4 Å². The van der Waals surface area contributed by atoms with E-state index in [9.17, 15) is 19.5 Å². The average molecular weight is 2200 g/mol. The Balaban J connectivity index is 0.000000142. The van der Waals surface area contributed by atoms with Gasteiger partial charge in [0.25, 0.3) is 11.5 Å². The van der Waals surface area contributed by atoms with Crippen LogP contribution in [0.25, 0.3) is 62.0 Å². The van der Waals surface area contributed by atoms with E-state index in [2.05, 4.69) is 143 Å². The number of benzene rings is 5. The number of nitrogens with one attached hydrogen (secondary N) is 3.